The van der Waals surface area contributed by atoms with E-state index >= 15 is 0 Å². The number of amides is 1. The number of hydrogen-bond donors (Lipinski definition) is 0. The van der Waals surface area contributed by atoms with Gasteiger partial charge in [-0.25, -0.2) is 4.79 Å². The summed E-state index contributed by atoms with van der Waals surface area (Å²) in [4.78, 5) is 16.9. The highest BCUT2D eigenvalue weighted by atomic mass is 16.6. The summed E-state index contributed by atoms with van der Waals surface area (Å²) in [5.74, 6) is 0.571. The van der Waals surface area contributed by atoms with Crippen LogP contribution in [0.2, 0.25) is 0 Å². The summed E-state index contributed by atoms with van der Waals surface area (Å²) < 4.78 is 5.58. The molecule has 0 saturated carbocycles. The second kappa shape index (κ2) is 6.16. The monoisotopic (exact) mass is 316 g/mol. The van der Waals surface area contributed by atoms with Crippen LogP contribution >= 0.6 is 0 Å². The Morgan fingerprint density at radius 1 is 1.26 bits per heavy atom. The van der Waals surface area contributed by atoms with Crippen LogP contribution in [0.25, 0.3) is 0 Å². The molecule has 2 fully saturated rings. The average molecular weight is 316 g/mol. The number of hydrogen-bond acceptors (Lipinski definition) is 3. The summed E-state index contributed by atoms with van der Waals surface area (Å²) in [7, 11) is 0. The van der Waals surface area contributed by atoms with Crippen molar-refractivity contribution >= 4 is 6.09 Å². The standard InChI is InChI=1S/C19H28N2O2/c1-14-17-16(13-21(14)18(22)23-19(2,3)4)10-11-20(17)12-15-8-6-5-7-9-15/h5-9,14,16-17H,10-13H2,1-4H3/t14-,16?,17?/m0/s1. The van der Waals surface area contributed by atoms with Gasteiger partial charge in [0.2, 0.25) is 0 Å². The van der Waals surface area contributed by atoms with Gasteiger partial charge in [0.15, 0.2) is 0 Å². The first-order valence-corrected chi connectivity index (χ1v) is 8.63. The van der Waals surface area contributed by atoms with E-state index in [1.165, 1.54) is 12.0 Å². The number of ether oxygens (including phenoxy) is 1. The molecule has 1 amide bonds. The molecule has 0 aliphatic carbocycles. The molecule has 23 heavy (non-hydrogen) atoms. The molecular weight excluding hydrogens is 288 g/mol. The SMILES string of the molecule is C[C@H]1C2C(CCN2Cc2ccccc2)CN1C(=O)OC(C)(C)C. The van der Waals surface area contributed by atoms with Gasteiger partial charge in [-0.1, -0.05) is 30.3 Å². The van der Waals surface area contributed by atoms with Crippen molar-refractivity contribution in [2.24, 2.45) is 5.92 Å². The van der Waals surface area contributed by atoms with Crippen LogP contribution in [0, 0.1) is 5.92 Å². The van der Waals surface area contributed by atoms with Crippen LogP contribution < -0.4 is 0 Å². The maximum atomic E-state index is 12.5. The minimum atomic E-state index is -0.432. The van der Waals surface area contributed by atoms with Crippen LogP contribution in [0.4, 0.5) is 4.79 Å². The summed E-state index contributed by atoms with van der Waals surface area (Å²) in [5, 5.41) is 0. The first kappa shape index (κ1) is 16.3. The van der Waals surface area contributed by atoms with Gasteiger partial charge in [-0.15, -0.1) is 0 Å². The van der Waals surface area contributed by atoms with Crippen LogP contribution in [0.15, 0.2) is 30.3 Å². The van der Waals surface area contributed by atoms with Crippen molar-refractivity contribution in [2.45, 2.75) is 58.3 Å². The minimum Gasteiger partial charge on any atom is -0.444 e. The van der Waals surface area contributed by atoms with Crippen molar-refractivity contribution in [3.63, 3.8) is 0 Å². The Kier molecular flexibility index (Phi) is 4.37. The minimum absolute atomic E-state index is 0.168. The Balaban J connectivity index is 1.68. The van der Waals surface area contributed by atoms with Crippen LogP contribution in [0.3, 0.4) is 0 Å². The predicted octanol–water partition coefficient (Wildman–Crippen LogP) is 3.52. The van der Waals surface area contributed by atoms with Crippen LogP contribution in [0.1, 0.15) is 39.7 Å². The molecule has 2 saturated heterocycles. The highest BCUT2D eigenvalue weighted by Gasteiger charge is 2.48. The van der Waals surface area contributed by atoms with Crippen LogP contribution in [0.5, 0.6) is 0 Å². The molecule has 1 aromatic carbocycles. The molecule has 0 N–H and O–H groups in total. The van der Waals surface area contributed by atoms with Crippen molar-refractivity contribution in [1.29, 1.82) is 0 Å². The van der Waals surface area contributed by atoms with Gasteiger partial charge in [0, 0.05) is 25.2 Å². The molecule has 2 heterocycles. The fourth-order valence-corrected chi connectivity index (χ4v) is 4.01. The third-order valence-corrected chi connectivity index (χ3v) is 4.97. The normalized spacial score (nSPS) is 28.0. The van der Waals surface area contributed by atoms with E-state index in [2.05, 4.69) is 42.2 Å². The molecule has 2 aliphatic rings. The summed E-state index contributed by atoms with van der Waals surface area (Å²) in [6, 6.07) is 11.3. The van der Waals surface area contributed by atoms with Gasteiger partial charge >= 0.3 is 6.09 Å². The molecule has 126 valence electrons. The van der Waals surface area contributed by atoms with Crippen molar-refractivity contribution in [3.05, 3.63) is 35.9 Å². The molecule has 0 aromatic heterocycles. The van der Waals surface area contributed by atoms with E-state index in [9.17, 15) is 4.79 Å². The van der Waals surface area contributed by atoms with E-state index in [0.717, 1.165) is 19.6 Å². The van der Waals surface area contributed by atoms with Gasteiger partial charge in [-0.05, 0) is 52.1 Å². The van der Waals surface area contributed by atoms with E-state index < -0.39 is 5.60 Å². The predicted molar refractivity (Wildman–Crippen MR) is 91.1 cm³/mol. The quantitative estimate of drug-likeness (QED) is 0.837. The van der Waals surface area contributed by atoms with Gasteiger partial charge in [0.05, 0.1) is 0 Å². The van der Waals surface area contributed by atoms with Crippen molar-refractivity contribution < 1.29 is 9.53 Å². The van der Waals surface area contributed by atoms with Gasteiger partial charge in [-0.3, -0.25) is 4.90 Å². The fraction of sp³-hybridized carbons (Fsp3) is 0.632. The topological polar surface area (TPSA) is 32.8 Å². The second-order valence-electron chi connectivity index (χ2n) is 7.87. The summed E-state index contributed by atoms with van der Waals surface area (Å²) in [5.41, 5.74) is 0.911. The van der Waals surface area contributed by atoms with E-state index in [1.807, 2.05) is 25.7 Å². The smallest absolute Gasteiger partial charge is 0.410 e. The average Bonchev–Trinajstić information content (AvgIpc) is 3.00. The summed E-state index contributed by atoms with van der Waals surface area (Å²) >= 11 is 0. The van der Waals surface area contributed by atoms with E-state index in [0.29, 0.717) is 12.0 Å². The van der Waals surface area contributed by atoms with Gasteiger partial charge in [-0.2, -0.15) is 0 Å². The Hall–Kier alpha value is -1.55. The van der Waals surface area contributed by atoms with Gasteiger partial charge in [0.25, 0.3) is 0 Å². The Morgan fingerprint density at radius 2 is 1.96 bits per heavy atom. The van der Waals surface area contributed by atoms with E-state index in [-0.39, 0.29) is 12.1 Å². The highest BCUT2D eigenvalue weighted by Crippen LogP contribution is 2.37. The third-order valence-electron chi connectivity index (χ3n) is 4.97. The zero-order chi connectivity index (χ0) is 16.6. The molecule has 0 radical (unpaired) electrons. The van der Waals surface area contributed by atoms with Crippen molar-refractivity contribution in [1.82, 2.24) is 9.80 Å². The number of carbonyl (C=O) groups excluding carboxylic acids is 1. The number of nitrogens with zero attached hydrogens (tertiary/aromatic N) is 2. The number of benzene rings is 1. The Bertz CT molecular complexity index is 552. The Labute approximate surface area is 139 Å². The lowest BCUT2D eigenvalue weighted by atomic mass is 10.0. The van der Waals surface area contributed by atoms with Gasteiger partial charge in [0.1, 0.15) is 5.60 Å². The van der Waals surface area contributed by atoms with Crippen molar-refractivity contribution in [2.75, 3.05) is 13.1 Å². The molecule has 4 heteroatoms. The number of carbonyl (C=O) groups is 1. The summed E-state index contributed by atoms with van der Waals surface area (Å²) in [6.07, 6.45) is 1.00. The first-order valence-electron chi connectivity index (χ1n) is 8.63. The van der Waals surface area contributed by atoms with E-state index in [1.54, 1.807) is 0 Å². The molecule has 2 aliphatic heterocycles. The van der Waals surface area contributed by atoms with Crippen LogP contribution in [-0.4, -0.2) is 46.7 Å². The largest absolute Gasteiger partial charge is 0.444 e. The first-order chi connectivity index (χ1) is 10.8. The maximum Gasteiger partial charge on any atom is 0.410 e. The lowest BCUT2D eigenvalue weighted by molar-refractivity contribution is 0.0197. The molecule has 2 unspecified atom stereocenters. The number of fused-ring (bicyclic) bond motifs is 1. The molecule has 4 nitrogen and oxygen atoms in total. The van der Waals surface area contributed by atoms with Gasteiger partial charge < -0.3 is 9.64 Å². The zero-order valence-electron chi connectivity index (χ0n) is 14.7. The maximum absolute atomic E-state index is 12.5. The van der Waals surface area contributed by atoms with E-state index in [4.69, 9.17) is 4.74 Å². The number of rotatable bonds is 2. The fourth-order valence-electron chi connectivity index (χ4n) is 4.01. The summed E-state index contributed by atoms with van der Waals surface area (Å²) in [6.45, 7) is 10.9. The van der Waals surface area contributed by atoms with Crippen molar-refractivity contribution in [3.8, 4) is 0 Å². The number of likely N-dealkylation sites (tertiary alicyclic amines) is 2. The second-order valence-corrected chi connectivity index (χ2v) is 7.87. The molecule has 3 atom stereocenters. The molecule has 0 bridgehead atoms. The zero-order valence-corrected chi connectivity index (χ0v) is 14.7. The van der Waals surface area contributed by atoms with Crippen LogP contribution in [-0.2, 0) is 11.3 Å². The highest BCUT2D eigenvalue weighted by molar-refractivity contribution is 5.69. The lowest BCUT2D eigenvalue weighted by Gasteiger charge is -2.32. The molecule has 1 aromatic rings. The third kappa shape index (κ3) is 3.52. The molecule has 0 spiro atoms. The lowest BCUT2D eigenvalue weighted by Crippen LogP contribution is -2.45. The molecule has 3 rings (SSSR count). The molecular formula is C19H28N2O2. The Morgan fingerprint density at radius 3 is 2.61 bits per heavy atom.